The Morgan fingerprint density at radius 1 is 1.22 bits per heavy atom. The standard InChI is InChI=1S/C21H17N5O/c1-2-10-24-21(27)17(14-22)13-18-15-26(19-6-4-3-5-7-19)25-20(18)16-8-11-23-12-9-16/h2-9,11-13,15H,1,10H2,(H,24,27). The Balaban J connectivity index is 2.09. The average Bonchev–Trinajstić information content (AvgIpc) is 3.15. The van der Waals surface area contributed by atoms with E-state index in [9.17, 15) is 10.1 Å². The summed E-state index contributed by atoms with van der Waals surface area (Å²) in [6, 6.07) is 15.2. The van der Waals surface area contributed by atoms with E-state index in [1.807, 2.05) is 48.5 Å². The van der Waals surface area contributed by atoms with E-state index in [1.165, 1.54) is 0 Å². The van der Waals surface area contributed by atoms with Gasteiger partial charge in [0.2, 0.25) is 0 Å². The average molecular weight is 355 g/mol. The zero-order chi connectivity index (χ0) is 19.1. The highest BCUT2D eigenvalue weighted by Crippen LogP contribution is 2.25. The minimum atomic E-state index is -0.453. The Bertz CT molecular complexity index is 1010. The molecule has 6 nitrogen and oxygen atoms in total. The van der Waals surface area contributed by atoms with Gasteiger partial charge >= 0.3 is 0 Å². The van der Waals surface area contributed by atoms with Crippen molar-refractivity contribution in [3.05, 3.63) is 84.8 Å². The van der Waals surface area contributed by atoms with Crippen LogP contribution in [0.2, 0.25) is 0 Å². The number of nitrogens with one attached hydrogen (secondary N) is 1. The van der Waals surface area contributed by atoms with Crippen molar-refractivity contribution in [2.24, 2.45) is 0 Å². The van der Waals surface area contributed by atoms with E-state index in [0.29, 0.717) is 17.8 Å². The molecule has 0 fully saturated rings. The van der Waals surface area contributed by atoms with Gasteiger partial charge < -0.3 is 5.32 Å². The van der Waals surface area contributed by atoms with Crippen LogP contribution in [0.5, 0.6) is 0 Å². The second kappa shape index (κ2) is 8.41. The second-order valence-electron chi connectivity index (χ2n) is 5.62. The van der Waals surface area contributed by atoms with Crippen LogP contribution in [-0.2, 0) is 4.79 Å². The van der Waals surface area contributed by atoms with Crippen molar-refractivity contribution in [1.82, 2.24) is 20.1 Å². The number of benzene rings is 1. The highest BCUT2D eigenvalue weighted by Gasteiger charge is 2.14. The Kier molecular flexibility index (Phi) is 5.55. The molecule has 2 aromatic heterocycles. The maximum Gasteiger partial charge on any atom is 0.262 e. The lowest BCUT2D eigenvalue weighted by Gasteiger charge is -2.01. The van der Waals surface area contributed by atoms with Crippen LogP contribution >= 0.6 is 0 Å². The molecule has 0 aliphatic carbocycles. The molecule has 6 heteroatoms. The molecular weight excluding hydrogens is 338 g/mol. The van der Waals surface area contributed by atoms with Crippen LogP contribution in [0.3, 0.4) is 0 Å². The van der Waals surface area contributed by atoms with Crippen LogP contribution in [-0.4, -0.2) is 27.2 Å². The third-order valence-corrected chi connectivity index (χ3v) is 3.79. The number of hydrogen-bond acceptors (Lipinski definition) is 4. The van der Waals surface area contributed by atoms with E-state index in [2.05, 4.69) is 22.0 Å². The first-order chi connectivity index (χ1) is 13.2. The van der Waals surface area contributed by atoms with Gasteiger partial charge in [0.1, 0.15) is 17.3 Å². The normalized spacial score (nSPS) is 10.9. The van der Waals surface area contributed by atoms with Crippen molar-refractivity contribution in [3.8, 4) is 23.0 Å². The third kappa shape index (κ3) is 4.17. The second-order valence-corrected chi connectivity index (χ2v) is 5.62. The number of nitrogens with zero attached hydrogens (tertiary/aromatic N) is 4. The van der Waals surface area contributed by atoms with Crippen LogP contribution < -0.4 is 5.32 Å². The maximum absolute atomic E-state index is 12.2. The summed E-state index contributed by atoms with van der Waals surface area (Å²) < 4.78 is 1.72. The minimum absolute atomic E-state index is 0.000215. The summed E-state index contributed by atoms with van der Waals surface area (Å²) >= 11 is 0. The van der Waals surface area contributed by atoms with Gasteiger partial charge in [0, 0.05) is 36.3 Å². The van der Waals surface area contributed by atoms with E-state index in [0.717, 1.165) is 11.3 Å². The Hall–Kier alpha value is -3.98. The minimum Gasteiger partial charge on any atom is -0.348 e. The molecule has 0 bridgehead atoms. The molecule has 0 saturated heterocycles. The fourth-order valence-corrected chi connectivity index (χ4v) is 2.50. The predicted octanol–water partition coefficient (Wildman–Crippen LogP) is 3.14. The van der Waals surface area contributed by atoms with E-state index in [4.69, 9.17) is 0 Å². The van der Waals surface area contributed by atoms with Gasteiger partial charge in [-0.3, -0.25) is 9.78 Å². The number of nitriles is 1. The molecule has 0 aliphatic heterocycles. The van der Waals surface area contributed by atoms with Crippen LogP contribution in [0.1, 0.15) is 5.56 Å². The zero-order valence-corrected chi connectivity index (χ0v) is 14.5. The first-order valence-corrected chi connectivity index (χ1v) is 8.29. The molecule has 3 rings (SSSR count). The van der Waals surface area contributed by atoms with Crippen LogP contribution in [0, 0.1) is 11.3 Å². The quantitative estimate of drug-likeness (QED) is 0.418. The van der Waals surface area contributed by atoms with Crippen molar-refractivity contribution in [3.63, 3.8) is 0 Å². The molecule has 0 atom stereocenters. The van der Waals surface area contributed by atoms with Crippen molar-refractivity contribution in [1.29, 1.82) is 5.26 Å². The molecule has 0 radical (unpaired) electrons. The number of carbonyl (C=O) groups is 1. The molecule has 1 aromatic carbocycles. The number of hydrogen-bond donors (Lipinski definition) is 1. The highest BCUT2D eigenvalue weighted by atomic mass is 16.1. The number of amides is 1. The van der Waals surface area contributed by atoms with Crippen LogP contribution in [0.15, 0.2) is 79.3 Å². The summed E-state index contributed by atoms with van der Waals surface area (Å²) in [5, 5.41) is 16.7. The van der Waals surface area contributed by atoms with Gasteiger partial charge in [-0.05, 0) is 30.3 Å². The number of carbonyl (C=O) groups excluding carboxylic acids is 1. The summed E-state index contributed by atoms with van der Waals surface area (Å²) in [5.74, 6) is -0.453. The molecule has 0 unspecified atom stereocenters. The molecule has 0 spiro atoms. The van der Waals surface area contributed by atoms with Crippen molar-refractivity contribution in [2.45, 2.75) is 0 Å². The monoisotopic (exact) mass is 355 g/mol. The molecular formula is C21H17N5O. The van der Waals surface area contributed by atoms with E-state index >= 15 is 0 Å². The molecule has 2 heterocycles. The van der Waals surface area contributed by atoms with Crippen LogP contribution in [0.4, 0.5) is 0 Å². The summed E-state index contributed by atoms with van der Waals surface area (Å²) in [6.07, 6.45) is 8.24. The lowest BCUT2D eigenvalue weighted by Crippen LogP contribution is -2.24. The van der Waals surface area contributed by atoms with Gasteiger partial charge in [0.25, 0.3) is 5.91 Å². The number of pyridine rings is 1. The van der Waals surface area contributed by atoms with Crippen molar-refractivity contribution in [2.75, 3.05) is 6.54 Å². The van der Waals surface area contributed by atoms with Crippen LogP contribution in [0.25, 0.3) is 23.0 Å². The predicted molar refractivity (Wildman–Crippen MR) is 104 cm³/mol. The van der Waals surface area contributed by atoms with Crippen molar-refractivity contribution >= 4 is 12.0 Å². The van der Waals surface area contributed by atoms with Gasteiger partial charge in [-0.1, -0.05) is 24.3 Å². The molecule has 1 N–H and O–H groups in total. The summed E-state index contributed by atoms with van der Waals surface area (Å²) in [5.41, 5.74) is 3.04. The Labute approximate surface area is 157 Å². The SMILES string of the molecule is C=CCNC(=O)C(C#N)=Cc1cn(-c2ccccc2)nc1-c1ccncc1. The zero-order valence-electron chi connectivity index (χ0n) is 14.5. The summed E-state index contributed by atoms with van der Waals surface area (Å²) in [7, 11) is 0. The lowest BCUT2D eigenvalue weighted by molar-refractivity contribution is -0.116. The fraction of sp³-hybridized carbons (Fsp3) is 0.0476. The van der Waals surface area contributed by atoms with E-state index in [-0.39, 0.29) is 5.57 Å². The highest BCUT2D eigenvalue weighted by molar-refractivity contribution is 6.02. The van der Waals surface area contributed by atoms with E-state index in [1.54, 1.807) is 35.4 Å². The van der Waals surface area contributed by atoms with Gasteiger partial charge in [0.05, 0.1) is 5.69 Å². The van der Waals surface area contributed by atoms with E-state index < -0.39 is 5.91 Å². The first kappa shape index (κ1) is 17.8. The largest absolute Gasteiger partial charge is 0.348 e. The summed E-state index contributed by atoms with van der Waals surface area (Å²) in [4.78, 5) is 16.2. The molecule has 3 aromatic rings. The maximum atomic E-state index is 12.2. The van der Waals surface area contributed by atoms with Gasteiger partial charge in [-0.15, -0.1) is 6.58 Å². The third-order valence-electron chi connectivity index (χ3n) is 3.79. The number of aromatic nitrogens is 3. The number of rotatable bonds is 6. The topological polar surface area (TPSA) is 83.6 Å². The lowest BCUT2D eigenvalue weighted by atomic mass is 10.1. The smallest absolute Gasteiger partial charge is 0.262 e. The fourth-order valence-electron chi connectivity index (χ4n) is 2.50. The molecule has 1 amide bonds. The van der Waals surface area contributed by atoms with Gasteiger partial charge in [0.15, 0.2) is 0 Å². The molecule has 132 valence electrons. The number of para-hydroxylation sites is 1. The summed E-state index contributed by atoms with van der Waals surface area (Å²) in [6.45, 7) is 3.85. The molecule has 0 saturated carbocycles. The molecule has 27 heavy (non-hydrogen) atoms. The first-order valence-electron chi connectivity index (χ1n) is 8.29. The van der Waals surface area contributed by atoms with Gasteiger partial charge in [-0.25, -0.2) is 4.68 Å². The van der Waals surface area contributed by atoms with Gasteiger partial charge in [-0.2, -0.15) is 10.4 Å². The molecule has 0 aliphatic rings. The Morgan fingerprint density at radius 2 is 1.96 bits per heavy atom. The Morgan fingerprint density at radius 3 is 2.63 bits per heavy atom. The van der Waals surface area contributed by atoms with Crippen molar-refractivity contribution < 1.29 is 4.79 Å².